The molecule has 1 unspecified atom stereocenters. The Hall–Kier alpha value is -3.81. The lowest BCUT2D eigenvalue weighted by Gasteiger charge is -2.29. The molecular weight excluding hydrogens is 410 g/mol. The third kappa shape index (κ3) is 4.16. The Bertz CT molecular complexity index is 1140. The summed E-state index contributed by atoms with van der Waals surface area (Å²) in [6, 6.07) is 10.1. The maximum absolute atomic E-state index is 13.1. The number of benzene rings is 1. The van der Waals surface area contributed by atoms with E-state index in [0.29, 0.717) is 42.5 Å². The molecule has 0 radical (unpaired) electrons. The highest BCUT2D eigenvalue weighted by Gasteiger charge is 2.42. The lowest BCUT2D eigenvalue weighted by Crippen LogP contribution is -2.30. The molecule has 1 N–H and O–H groups in total. The third-order valence-electron chi connectivity index (χ3n) is 5.78. The average molecular weight is 433 g/mol. The number of ketones is 1. The lowest BCUT2D eigenvalue weighted by molar-refractivity contribution is -0.385. The summed E-state index contributed by atoms with van der Waals surface area (Å²) in [6.07, 6.45) is 5.62. The van der Waals surface area contributed by atoms with E-state index >= 15 is 0 Å². The number of nitrogens with zero attached hydrogens (tertiary/aromatic N) is 2. The van der Waals surface area contributed by atoms with Gasteiger partial charge in [0.2, 0.25) is 0 Å². The van der Waals surface area contributed by atoms with Crippen LogP contribution in [0.5, 0.6) is 0 Å². The van der Waals surface area contributed by atoms with Crippen molar-refractivity contribution in [3.8, 4) is 0 Å². The van der Waals surface area contributed by atoms with Crippen molar-refractivity contribution in [1.29, 1.82) is 0 Å². The van der Waals surface area contributed by atoms with Gasteiger partial charge in [-0.15, -0.1) is 0 Å². The first-order valence-electron chi connectivity index (χ1n) is 10.5. The first kappa shape index (κ1) is 21.4. The Balaban J connectivity index is 1.60. The number of aromatic nitrogens is 1. The van der Waals surface area contributed by atoms with Crippen molar-refractivity contribution in [1.82, 2.24) is 10.3 Å². The highest BCUT2D eigenvalue weighted by atomic mass is 16.6. The molecule has 1 aromatic heterocycles. The number of nitrogens with one attached hydrogen (secondary N) is 1. The van der Waals surface area contributed by atoms with Crippen molar-refractivity contribution < 1.29 is 19.2 Å². The molecule has 1 aliphatic carbocycles. The van der Waals surface area contributed by atoms with E-state index in [0.717, 1.165) is 11.3 Å². The summed E-state index contributed by atoms with van der Waals surface area (Å²) >= 11 is 0. The number of esters is 1. The molecular formula is C24H23N3O5. The summed E-state index contributed by atoms with van der Waals surface area (Å²) < 4.78 is 5.55. The van der Waals surface area contributed by atoms with E-state index in [-0.39, 0.29) is 23.7 Å². The van der Waals surface area contributed by atoms with Crippen molar-refractivity contribution in [2.75, 3.05) is 6.61 Å². The van der Waals surface area contributed by atoms with Crippen molar-refractivity contribution >= 4 is 17.4 Å². The molecule has 32 heavy (non-hydrogen) atoms. The number of carbonyl (C=O) groups excluding carboxylic acids is 2. The van der Waals surface area contributed by atoms with E-state index in [1.165, 1.54) is 6.07 Å². The zero-order chi connectivity index (χ0) is 22.7. The van der Waals surface area contributed by atoms with E-state index in [2.05, 4.69) is 10.3 Å². The molecule has 0 bridgehead atoms. The first-order valence-corrected chi connectivity index (χ1v) is 10.5. The van der Waals surface area contributed by atoms with Gasteiger partial charge in [-0.3, -0.25) is 19.9 Å². The summed E-state index contributed by atoms with van der Waals surface area (Å²) in [6.45, 7) is 1.93. The molecule has 0 spiro atoms. The smallest absolute Gasteiger partial charge is 0.336 e. The summed E-state index contributed by atoms with van der Waals surface area (Å²) in [5.41, 5.74) is 3.19. The first-order chi connectivity index (χ1) is 15.5. The molecule has 0 saturated heterocycles. The second-order valence-corrected chi connectivity index (χ2v) is 7.83. The lowest BCUT2D eigenvalue weighted by atomic mass is 9.79. The van der Waals surface area contributed by atoms with Crippen LogP contribution in [0.15, 0.2) is 71.3 Å². The Labute approximate surface area is 185 Å². The summed E-state index contributed by atoms with van der Waals surface area (Å²) in [5.74, 6) is -1.51. The summed E-state index contributed by atoms with van der Waals surface area (Å²) in [7, 11) is 0. The SMILES string of the molecule is CC1=C(C(=O)OCCCc2cccnc2)C(c2ccccc2[N+](=O)[O-])C2=C(CCC2=O)N1. The standard InChI is InChI=1S/C24H23N3O5/c1-15-21(24(29)32-13-5-7-16-6-4-12-25-14-16)22(23-18(26-15)10-11-20(23)28)17-8-2-3-9-19(17)27(30)31/h2-4,6,8-9,12,14,22,26H,5,7,10-11,13H2,1H3. The van der Waals surface area contributed by atoms with Crippen LogP contribution in [0.3, 0.4) is 0 Å². The van der Waals surface area contributed by atoms with Crippen LogP contribution in [-0.4, -0.2) is 28.3 Å². The highest BCUT2D eigenvalue weighted by molar-refractivity contribution is 6.05. The molecule has 0 fully saturated rings. The predicted molar refractivity (Wildman–Crippen MR) is 116 cm³/mol. The molecule has 164 valence electrons. The molecule has 2 aromatic rings. The minimum atomic E-state index is -0.825. The van der Waals surface area contributed by atoms with Crippen LogP contribution in [0.2, 0.25) is 0 Å². The molecule has 0 saturated carbocycles. The van der Waals surface area contributed by atoms with Crippen molar-refractivity contribution in [3.63, 3.8) is 0 Å². The number of allylic oxidation sites excluding steroid dienone is 3. The van der Waals surface area contributed by atoms with Crippen LogP contribution < -0.4 is 5.32 Å². The van der Waals surface area contributed by atoms with Crippen LogP contribution in [0.1, 0.15) is 43.2 Å². The number of Topliss-reactive ketones (excluding diaryl/α,β-unsaturated/α-hetero) is 1. The maximum atomic E-state index is 13.1. The fourth-order valence-corrected chi connectivity index (χ4v) is 4.34. The second-order valence-electron chi connectivity index (χ2n) is 7.83. The topological polar surface area (TPSA) is 111 Å². The van der Waals surface area contributed by atoms with Gasteiger partial charge in [0, 0.05) is 47.4 Å². The molecule has 4 rings (SSSR count). The van der Waals surface area contributed by atoms with Gasteiger partial charge in [0.25, 0.3) is 5.69 Å². The number of nitro groups is 1. The highest BCUT2D eigenvalue weighted by Crippen LogP contribution is 2.45. The van der Waals surface area contributed by atoms with Gasteiger partial charge in [0.15, 0.2) is 5.78 Å². The van der Waals surface area contributed by atoms with Gasteiger partial charge in [-0.2, -0.15) is 0 Å². The predicted octanol–water partition coefficient (Wildman–Crippen LogP) is 3.74. The van der Waals surface area contributed by atoms with Gasteiger partial charge in [0.05, 0.1) is 23.0 Å². The minimum absolute atomic E-state index is 0.106. The number of hydrogen-bond donors (Lipinski definition) is 1. The van der Waals surface area contributed by atoms with E-state index in [1.54, 1.807) is 37.5 Å². The van der Waals surface area contributed by atoms with Crippen LogP contribution in [-0.2, 0) is 20.7 Å². The number of para-hydroxylation sites is 1. The molecule has 1 aromatic carbocycles. The van der Waals surface area contributed by atoms with Crippen molar-refractivity contribution in [2.24, 2.45) is 0 Å². The van der Waals surface area contributed by atoms with Crippen LogP contribution >= 0.6 is 0 Å². The van der Waals surface area contributed by atoms with Gasteiger partial charge in [-0.25, -0.2) is 4.79 Å². The minimum Gasteiger partial charge on any atom is -0.462 e. The molecule has 0 amide bonds. The van der Waals surface area contributed by atoms with E-state index in [1.807, 2.05) is 12.1 Å². The third-order valence-corrected chi connectivity index (χ3v) is 5.78. The molecule has 8 nitrogen and oxygen atoms in total. The van der Waals surface area contributed by atoms with Gasteiger partial charge in [-0.05, 0) is 37.8 Å². The Morgan fingerprint density at radius 2 is 2.06 bits per heavy atom. The average Bonchev–Trinajstić information content (AvgIpc) is 3.16. The van der Waals surface area contributed by atoms with Crippen molar-refractivity contribution in [3.05, 3.63) is 92.6 Å². The van der Waals surface area contributed by atoms with Gasteiger partial charge in [0.1, 0.15) is 0 Å². The Kier molecular flexibility index (Phi) is 6.11. The van der Waals surface area contributed by atoms with Crippen LogP contribution in [0.25, 0.3) is 0 Å². The quantitative estimate of drug-likeness (QED) is 0.306. The van der Waals surface area contributed by atoms with Gasteiger partial charge in [-0.1, -0.05) is 24.3 Å². The van der Waals surface area contributed by atoms with E-state index < -0.39 is 16.8 Å². The number of ether oxygens (including phenoxy) is 1. The number of pyridine rings is 1. The maximum Gasteiger partial charge on any atom is 0.336 e. The number of aryl methyl sites for hydroxylation is 1. The normalized spacial score (nSPS) is 17.8. The zero-order valence-corrected chi connectivity index (χ0v) is 17.7. The molecule has 2 heterocycles. The molecule has 2 aliphatic rings. The van der Waals surface area contributed by atoms with E-state index in [4.69, 9.17) is 4.74 Å². The summed E-state index contributed by atoms with van der Waals surface area (Å²) in [5, 5.41) is 14.9. The zero-order valence-electron chi connectivity index (χ0n) is 17.7. The summed E-state index contributed by atoms with van der Waals surface area (Å²) in [4.78, 5) is 41.1. The Morgan fingerprint density at radius 3 is 2.81 bits per heavy atom. The fourth-order valence-electron chi connectivity index (χ4n) is 4.34. The van der Waals surface area contributed by atoms with Crippen LogP contribution in [0.4, 0.5) is 5.69 Å². The Morgan fingerprint density at radius 1 is 1.25 bits per heavy atom. The number of nitro benzene ring substituents is 1. The number of dihydropyridines is 1. The van der Waals surface area contributed by atoms with Crippen molar-refractivity contribution in [2.45, 2.75) is 38.5 Å². The monoisotopic (exact) mass is 433 g/mol. The van der Waals surface area contributed by atoms with E-state index in [9.17, 15) is 19.7 Å². The number of rotatable bonds is 7. The molecule has 8 heteroatoms. The largest absolute Gasteiger partial charge is 0.462 e. The second kappa shape index (κ2) is 9.13. The number of carbonyl (C=O) groups is 2. The molecule has 1 aliphatic heterocycles. The number of hydrogen-bond acceptors (Lipinski definition) is 7. The van der Waals surface area contributed by atoms with Gasteiger partial charge >= 0.3 is 5.97 Å². The van der Waals surface area contributed by atoms with Crippen LogP contribution in [0, 0.1) is 10.1 Å². The van der Waals surface area contributed by atoms with Gasteiger partial charge < -0.3 is 10.1 Å². The molecule has 1 atom stereocenters. The fraction of sp³-hybridized carbons (Fsp3) is 0.292.